The topological polar surface area (TPSA) is 29.1 Å². The summed E-state index contributed by atoms with van der Waals surface area (Å²) < 4.78 is 0. The molecule has 0 spiro atoms. The molecule has 2 unspecified atom stereocenters. The molecule has 1 aliphatic carbocycles. The van der Waals surface area contributed by atoms with E-state index in [4.69, 9.17) is 0 Å². The van der Waals surface area contributed by atoms with Crippen LogP contribution in [-0.2, 0) is 70.2 Å². The van der Waals surface area contributed by atoms with Gasteiger partial charge in [0, 0.05) is 71.8 Å². The van der Waals surface area contributed by atoms with Crippen LogP contribution >= 0.6 is 0 Å². The number of fused-ring (bicyclic) bond motifs is 1. The third kappa shape index (κ3) is 3.55. The van der Waals surface area contributed by atoms with Gasteiger partial charge in [0.05, 0.1) is 6.04 Å². The maximum atomic E-state index is 11.0. The molecule has 14 heavy (non-hydrogen) atoms. The number of amides is 1. The van der Waals surface area contributed by atoms with Gasteiger partial charge in [-0.25, -0.2) is 18.6 Å². The molecule has 2 radical (unpaired) electrons. The van der Waals surface area contributed by atoms with Crippen LogP contribution in [-0.4, -0.2) is 11.9 Å². The van der Waals surface area contributed by atoms with Crippen LogP contribution in [0.4, 0.5) is 0 Å². The van der Waals surface area contributed by atoms with Crippen molar-refractivity contribution < 1.29 is 70.2 Å². The number of hydrogen-bond acceptors (Lipinski definition) is 1. The Hall–Kier alpha value is 1.03. The van der Waals surface area contributed by atoms with Gasteiger partial charge >= 0.3 is 0 Å². The predicted molar refractivity (Wildman–Crippen MR) is 49.0 cm³/mol. The summed E-state index contributed by atoms with van der Waals surface area (Å²) in [7, 11) is 0. The normalized spacial score (nSPS) is 27.1. The predicted octanol–water partition coefficient (Wildman–Crippen LogP) is 1.27. The average Bonchev–Trinajstić information content (AvgIpc) is 2.31. The van der Waals surface area contributed by atoms with Crippen LogP contribution in [0.15, 0.2) is 23.8 Å². The van der Waals surface area contributed by atoms with Crippen molar-refractivity contribution >= 4 is 5.91 Å². The number of rotatable bonds is 0. The molecule has 0 aromatic rings. The Balaban J connectivity index is 0. The second kappa shape index (κ2) is 7.33. The first-order valence-electron chi connectivity index (χ1n) is 3.77. The van der Waals surface area contributed by atoms with Crippen molar-refractivity contribution in [3.63, 3.8) is 0 Å². The zero-order chi connectivity index (χ0) is 7.84. The molecule has 1 amide bonds. The van der Waals surface area contributed by atoms with Gasteiger partial charge in [-0.2, -0.15) is 0 Å². The summed E-state index contributed by atoms with van der Waals surface area (Å²) in [4.78, 5) is 11.0. The van der Waals surface area contributed by atoms with E-state index in [1.165, 1.54) is 0 Å². The zero-order valence-corrected chi connectivity index (χ0v) is 14.0. The average molecular weight is 341 g/mol. The van der Waals surface area contributed by atoms with Crippen molar-refractivity contribution in [1.29, 1.82) is 0 Å². The van der Waals surface area contributed by atoms with Crippen LogP contribution in [0.3, 0.4) is 0 Å². The first kappa shape index (κ1) is 17.4. The summed E-state index contributed by atoms with van der Waals surface area (Å²) in [5.74, 6) is 0.452. The maximum Gasteiger partial charge on any atom is 0.221 e. The van der Waals surface area contributed by atoms with Crippen molar-refractivity contribution in [1.82, 2.24) is 5.32 Å². The molecule has 0 bridgehead atoms. The Morgan fingerprint density at radius 1 is 1.43 bits per heavy atom. The summed E-state index contributed by atoms with van der Waals surface area (Å²) in [6, 6.07) is 0.208. The van der Waals surface area contributed by atoms with Crippen molar-refractivity contribution in [2.45, 2.75) is 12.5 Å². The molecule has 0 saturated carbocycles. The molecule has 1 N–H and O–H groups in total. The summed E-state index contributed by atoms with van der Waals surface area (Å²) in [5.41, 5.74) is 1.07. The zero-order valence-electron chi connectivity index (χ0n) is 8.36. The summed E-state index contributed by atoms with van der Waals surface area (Å²) in [6.45, 7) is 3.89. The fourth-order valence-electron chi connectivity index (χ4n) is 1.64. The second-order valence-corrected chi connectivity index (χ2v) is 3.03. The number of hydrogen-bond donors (Lipinski definition) is 1. The summed E-state index contributed by atoms with van der Waals surface area (Å²) in [6.07, 6.45) is 6.55. The Morgan fingerprint density at radius 2 is 2.07 bits per heavy atom. The van der Waals surface area contributed by atoms with Gasteiger partial charge in [0.15, 0.2) is 0 Å². The molecule has 0 aromatic heterocycles. The number of nitrogens with one attached hydrogen (secondary N) is 1. The first-order chi connectivity index (χ1) is 5.27. The molecular formula is C10H13NOY2-2. The Bertz CT molecular complexity index is 261. The van der Waals surface area contributed by atoms with Gasteiger partial charge in [-0.1, -0.05) is 6.08 Å². The first-order valence-corrected chi connectivity index (χ1v) is 3.77. The number of allylic oxidation sites excluding steroid dienone is 2. The van der Waals surface area contributed by atoms with Gasteiger partial charge in [-0.15, -0.1) is 6.08 Å². The third-order valence-electron chi connectivity index (χ3n) is 2.27. The van der Waals surface area contributed by atoms with Crippen molar-refractivity contribution in [3.05, 3.63) is 38.2 Å². The van der Waals surface area contributed by atoms with Crippen molar-refractivity contribution in [2.24, 2.45) is 5.92 Å². The third-order valence-corrected chi connectivity index (χ3v) is 2.27. The minimum atomic E-state index is 0. The molecule has 4 heteroatoms. The van der Waals surface area contributed by atoms with E-state index in [0.29, 0.717) is 12.3 Å². The van der Waals surface area contributed by atoms with Gasteiger partial charge in [0.25, 0.3) is 0 Å². The molecule has 0 aromatic carbocycles. The molecule has 1 aliphatic heterocycles. The number of carbonyl (C=O) groups excluding carboxylic acids is 1. The van der Waals surface area contributed by atoms with E-state index in [0.717, 1.165) is 5.57 Å². The molecule has 2 nitrogen and oxygen atoms in total. The Kier molecular flexibility index (Phi) is 9.12. The van der Waals surface area contributed by atoms with E-state index in [2.05, 4.69) is 12.2 Å². The maximum absolute atomic E-state index is 11.0. The molecular weight excluding hydrogens is 328 g/mol. The standard InChI is InChI=1S/C9H10NO.CH3.2Y/c1-6-3-2-4-8-7(6)5-9(11)10-8;;;/h2-4,7-8H,1,5H2,(H,10,11);1H3;;/q2*-1;;. The molecule has 1 fully saturated rings. The molecule has 72 valence electrons. The number of carbonyl (C=O) groups is 1. The smallest absolute Gasteiger partial charge is 0.221 e. The van der Waals surface area contributed by atoms with E-state index < -0.39 is 0 Å². The van der Waals surface area contributed by atoms with E-state index in [9.17, 15) is 4.79 Å². The van der Waals surface area contributed by atoms with Crippen LogP contribution in [0.5, 0.6) is 0 Å². The molecule has 2 rings (SSSR count). The minimum Gasteiger partial charge on any atom is -0.358 e. The van der Waals surface area contributed by atoms with Crippen LogP contribution in [0.2, 0.25) is 0 Å². The van der Waals surface area contributed by atoms with Crippen LogP contribution < -0.4 is 5.32 Å². The summed E-state index contributed by atoms with van der Waals surface area (Å²) >= 11 is 0. The van der Waals surface area contributed by atoms with E-state index in [1.54, 1.807) is 0 Å². The fourth-order valence-corrected chi connectivity index (χ4v) is 1.64. The van der Waals surface area contributed by atoms with Crippen LogP contribution in [0.25, 0.3) is 0 Å². The van der Waals surface area contributed by atoms with Crippen LogP contribution in [0, 0.1) is 20.3 Å². The monoisotopic (exact) mass is 341 g/mol. The molecule has 1 saturated heterocycles. The van der Waals surface area contributed by atoms with Gasteiger partial charge in [0.1, 0.15) is 0 Å². The van der Waals surface area contributed by atoms with Gasteiger partial charge in [0.2, 0.25) is 5.91 Å². The second-order valence-electron chi connectivity index (χ2n) is 3.03. The van der Waals surface area contributed by atoms with E-state index in [1.807, 2.05) is 18.2 Å². The van der Waals surface area contributed by atoms with Gasteiger partial charge in [-0.3, -0.25) is 4.79 Å². The fraction of sp³-hybridized carbons (Fsp3) is 0.300. The Labute approximate surface area is 136 Å². The van der Waals surface area contributed by atoms with E-state index >= 15 is 0 Å². The molecule has 2 atom stereocenters. The Morgan fingerprint density at radius 3 is 2.64 bits per heavy atom. The SMILES string of the molecule is [CH2-]C1=CC=CC2NC(=O)CC12.[CH3-].[Y].[Y]. The minimum absolute atomic E-state index is 0. The van der Waals surface area contributed by atoms with Crippen LogP contribution in [0.1, 0.15) is 6.42 Å². The van der Waals surface area contributed by atoms with Gasteiger partial charge in [-0.05, 0) is 5.92 Å². The summed E-state index contributed by atoms with van der Waals surface area (Å²) in [5, 5.41) is 2.88. The van der Waals surface area contributed by atoms with Crippen molar-refractivity contribution in [2.75, 3.05) is 0 Å². The van der Waals surface area contributed by atoms with Crippen molar-refractivity contribution in [3.8, 4) is 0 Å². The molecule has 1 heterocycles. The van der Waals surface area contributed by atoms with E-state index in [-0.39, 0.29) is 84.8 Å². The quantitative estimate of drug-likeness (QED) is 0.661. The largest absolute Gasteiger partial charge is 0.358 e. The van der Waals surface area contributed by atoms with Gasteiger partial charge < -0.3 is 12.7 Å². The molecule has 2 aliphatic rings.